The Morgan fingerprint density at radius 3 is 2.87 bits per heavy atom. The molecule has 0 aliphatic carbocycles. The van der Waals surface area contributed by atoms with Crippen LogP contribution in [0, 0.1) is 17.6 Å². The number of aryl methyl sites for hydroxylation is 2. The first-order chi connectivity index (χ1) is 11.1. The summed E-state index contributed by atoms with van der Waals surface area (Å²) >= 11 is 0. The molecule has 1 fully saturated rings. The number of piperidine rings is 1. The smallest absolute Gasteiger partial charge is 0.159 e. The predicted octanol–water partition coefficient (Wildman–Crippen LogP) is 3.54. The van der Waals surface area contributed by atoms with Crippen LogP contribution in [0.15, 0.2) is 30.6 Å². The second kappa shape index (κ2) is 7.21. The minimum Gasteiger partial charge on any atom is -0.337 e. The minimum absolute atomic E-state index is 0.608. The molecule has 124 valence electrons. The van der Waals surface area contributed by atoms with E-state index in [-0.39, 0.29) is 0 Å². The Morgan fingerprint density at radius 1 is 1.26 bits per heavy atom. The molecule has 0 N–H and O–H groups in total. The number of rotatable bonds is 5. The molecule has 0 saturated carbocycles. The van der Waals surface area contributed by atoms with Crippen molar-refractivity contribution in [2.75, 3.05) is 13.1 Å². The molecule has 2 heterocycles. The second-order valence-electron chi connectivity index (χ2n) is 6.48. The van der Waals surface area contributed by atoms with E-state index in [1.165, 1.54) is 25.0 Å². The normalized spacial score (nSPS) is 19.2. The van der Waals surface area contributed by atoms with Gasteiger partial charge in [0, 0.05) is 26.0 Å². The number of halogens is 2. The van der Waals surface area contributed by atoms with E-state index in [1.54, 1.807) is 6.07 Å². The third-order valence-corrected chi connectivity index (χ3v) is 4.71. The van der Waals surface area contributed by atoms with E-state index < -0.39 is 11.6 Å². The molecule has 0 radical (unpaired) electrons. The van der Waals surface area contributed by atoms with E-state index in [4.69, 9.17) is 0 Å². The monoisotopic (exact) mass is 319 g/mol. The van der Waals surface area contributed by atoms with Gasteiger partial charge in [0.25, 0.3) is 0 Å². The second-order valence-corrected chi connectivity index (χ2v) is 6.48. The zero-order valence-corrected chi connectivity index (χ0v) is 13.5. The maximum atomic E-state index is 13.3. The first kappa shape index (κ1) is 16.1. The fourth-order valence-corrected chi connectivity index (χ4v) is 3.35. The van der Waals surface area contributed by atoms with Crippen LogP contribution < -0.4 is 0 Å². The fourth-order valence-electron chi connectivity index (χ4n) is 3.35. The molecule has 5 heteroatoms. The van der Waals surface area contributed by atoms with Crippen LogP contribution in [0.2, 0.25) is 0 Å². The van der Waals surface area contributed by atoms with Crippen LogP contribution in [0.25, 0.3) is 0 Å². The van der Waals surface area contributed by atoms with E-state index in [2.05, 4.69) is 14.5 Å². The minimum atomic E-state index is -0.771. The summed E-state index contributed by atoms with van der Waals surface area (Å²) in [5.41, 5.74) is 0.880. The van der Waals surface area contributed by atoms with Crippen molar-refractivity contribution >= 4 is 0 Å². The van der Waals surface area contributed by atoms with E-state index in [0.29, 0.717) is 5.92 Å². The van der Waals surface area contributed by atoms with Crippen LogP contribution in [-0.4, -0.2) is 27.5 Å². The van der Waals surface area contributed by atoms with Crippen molar-refractivity contribution in [1.82, 2.24) is 14.5 Å². The van der Waals surface area contributed by atoms with Crippen molar-refractivity contribution in [3.05, 3.63) is 53.6 Å². The molecule has 3 nitrogen and oxygen atoms in total. The molecule has 0 unspecified atom stereocenters. The number of aromatic nitrogens is 2. The highest BCUT2D eigenvalue weighted by Gasteiger charge is 2.21. The van der Waals surface area contributed by atoms with Crippen LogP contribution >= 0.6 is 0 Å². The first-order valence-corrected chi connectivity index (χ1v) is 8.24. The van der Waals surface area contributed by atoms with Gasteiger partial charge >= 0.3 is 0 Å². The maximum Gasteiger partial charge on any atom is 0.159 e. The van der Waals surface area contributed by atoms with Gasteiger partial charge in [0.05, 0.1) is 6.54 Å². The van der Waals surface area contributed by atoms with Gasteiger partial charge in [-0.15, -0.1) is 0 Å². The van der Waals surface area contributed by atoms with Gasteiger partial charge in [-0.05, 0) is 55.8 Å². The molecule has 1 aromatic carbocycles. The Bertz CT molecular complexity index is 653. The molecular formula is C18H23F2N3. The van der Waals surface area contributed by atoms with Gasteiger partial charge < -0.3 is 4.57 Å². The number of benzene rings is 1. The SMILES string of the molecule is Cn1ccnc1CN1CCC[C@H](CCc2ccc(F)c(F)c2)C1. The van der Waals surface area contributed by atoms with Crippen molar-refractivity contribution in [2.24, 2.45) is 13.0 Å². The largest absolute Gasteiger partial charge is 0.337 e. The van der Waals surface area contributed by atoms with Crippen LogP contribution in [0.1, 0.15) is 30.7 Å². The van der Waals surface area contributed by atoms with Gasteiger partial charge in [-0.1, -0.05) is 6.07 Å². The number of hydrogen-bond acceptors (Lipinski definition) is 2. The summed E-state index contributed by atoms with van der Waals surface area (Å²) in [7, 11) is 2.02. The third-order valence-electron chi connectivity index (χ3n) is 4.71. The molecular weight excluding hydrogens is 296 g/mol. The Balaban J connectivity index is 1.52. The summed E-state index contributed by atoms with van der Waals surface area (Å²) in [6, 6.07) is 4.23. The maximum absolute atomic E-state index is 13.3. The van der Waals surface area contributed by atoms with Crippen molar-refractivity contribution in [1.29, 1.82) is 0 Å². The molecule has 1 atom stereocenters. The van der Waals surface area contributed by atoms with Crippen molar-refractivity contribution < 1.29 is 8.78 Å². The Morgan fingerprint density at radius 2 is 2.13 bits per heavy atom. The summed E-state index contributed by atoms with van der Waals surface area (Å²) in [6.07, 6.45) is 8.02. The Kier molecular flexibility index (Phi) is 5.06. The van der Waals surface area contributed by atoms with Gasteiger partial charge in [-0.3, -0.25) is 4.90 Å². The van der Waals surface area contributed by atoms with Gasteiger partial charge in [0.1, 0.15) is 5.82 Å². The third kappa shape index (κ3) is 4.16. The fraction of sp³-hybridized carbons (Fsp3) is 0.500. The van der Waals surface area contributed by atoms with E-state index >= 15 is 0 Å². The zero-order chi connectivity index (χ0) is 16.2. The lowest BCUT2D eigenvalue weighted by molar-refractivity contribution is 0.157. The number of hydrogen-bond donors (Lipinski definition) is 0. The summed E-state index contributed by atoms with van der Waals surface area (Å²) in [6.45, 7) is 3.04. The quantitative estimate of drug-likeness (QED) is 0.840. The predicted molar refractivity (Wildman–Crippen MR) is 85.9 cm³/mol. The van der Waals surface area contributed by atoms with E-state index in [9.17, 15) is 8.78 Å². The first-order valence-electron chi connectivity index (χ1n) is 8.24. The molecule has 1 aromatic heterocycles. The van der Waals surface area contributed by atoms with E-state index in [1.807, 2.05) is 19.4 Å². The zero-order valence-electron chi connectivity index (χ0n) is 13.5. The molecule has 3 rings (SSSR count). The van der Waals surface area contributed by atoms with Gasteiger partial charge in [-0.2, -0.15) is 0 Å². The van der Waals surface area contributed by atoms with Crippen LogP contribution in [-0.2, 0) is 20.0 Å². The lowest BCUT2D eigenvalue weighted by Crippen LogP contribution is -2.35. The van der Waals surface area contributed by atoms with Gasteiger partial charge in [0.2, 0.25) is 0 Å². The lowest BCUT2D eigenvalue weighted by Gasteiger charge is -2.32. The number of likely N-dealkylation sites (tertiary alicyclic amines) is 1. The number of imidazole rings is 1. The van der Waals surface area contributed by atoms with Crippen LogP contribution in [0.3, 0.4) is 0 Å². The highest BCUT2D eigenvalue weighted by molar-refractivity contribution is 5.17. The van der Waals surface area contributed by atoms with Crippen LogP contribution in [0.4, 0.5) is 8.78 Å². The molecule has 1 aliphatic rings. The molecule has 23 heavy (non-hydrogen) atoms. The average Bonchev–Trinajstić information content (AvgIpc) is 2.94. The van der Waals surface area contributed by atoms with Gasteiger partial charge in [0.15, 0.2) is 11.6 Å². The lowest BCUT2D eigenvalue weighted by atomic mass is 9.91. The van der Waals surface area contributed by atoms with Gasteiger partial charge in [-0.25, -0.2) is 13.8 Å². The van der Waals surface area contributed by atoms with Crippen molar-refractivity contribution in [3.63, 3.8) is 0 Å². The Labute approximate surface area is 135 Å². The highest BCUT2D eigenvalue weighted by atomic mass is 19.2. The molecule has 1 saturated heterocycles. The molecule has 0 spiro atoms. The molecule has 0 bridgehead atoms. The summed E-state index contributed by atoms with van der Waals surface area (Å²) < 4.78 is 28.3. The molecule has 0 amide bonds. The highest BCUT2D eigenvalue weighted by Crippen LogP contribution is 2.23. The van der Waals surface area contributed by atoms with Crippen LogP contribution in [0.5, 0.6) is 0 Å². The molecule has 1 aliphatic heterocycles. The van der Waals surface area contributed by atoms with Crippen molar-refractivity contribution in [2.45, 2.75) is 32.2 Å². The standard InChI is InChI=1S/C18H23F2N3/c1-22-10-8-21-18(22)13-23-9-2-3-15(12-23)5-4-14-6-7-16(19)17(20)11-14/h6-8,10-11,15H,2-5,9,12-13H2,1H3/t15-/m1/s1. The number of nitrogens with zero attached hydrogens (tertiary/aromatic N) is 3. The molecule has 2 aromatic rings. The summed E-state index contributed by atoms with van der Waals surface area (Å²) in [5, 5.41) is 0. The topological polar surface area (TPSA) is 21.1 Å². The van der Waals surface area contributed by atoms with E-state index in [0.717, 1.165) is 43.9 Å². The summed E-state index contributed by atoms with van der Waals surface area (Å²) in [4.78, 5) is 6.84. The van der Waals surface area contributed by atoms with Crippen molar-refractivity contribution in [3.8, 4) is 0 Å². The average molecular weight is 319 g/mol. The summed E-state index contributed by atoms with van der Waals surface area (Å²) in [5.74, 6) is 0.179. The Hall–Kier alpha value is -1.75.